The van der Waals surface area contributed by atoms with Gasteiger partial charge in [0.1, 0.15) is 0 Å². The molecule has 0 atom stereocenters. The molecule has 5 nitrogen and oxygen atoms in total. The van der Waals surface area contributed by atoms with E-state index in [0.29, 0.717) is 31.7 Å². The summed E-state index contributed by atoms with van der Waals surface area (Å²) < 4.78 is 5.61. The average molecular weight is 316 g/mol. The van der Waals surface area contributed by atoms with Gasteiger partial charge in [0.05, 0.1) is 13.2 Å². The number of hydrogen-bond acceptors (Lipinski definition) is 4. The fourth-order valence-electron chi connectivity index (χ4n) is 1.82. The Morgan fingerprint density at radius 2 is 1.36 bits per heavy atom. The van der Waals surface area contributed by atoms with Crippen molar-refractivity contribution in [1.82, 2.24) is 14.7 Å². The number of hydrogen-bond donors (Lipinski definition) is 0. The third kappa shape index (κ3) is 10.1. The van der Waals surface area contributed by atoms with Gasteiger partial charge in [0.2, 0.25) is 5.91 Å². The van der Waals surface area contributed by atoms with Gasteiger partial charge < -0.3 is 19.4 Å². The van der Waals surface area contributed by atoms with Crippen LogP contribution in [-0.2, 0) is 9.53 Å². The maximum absolute atomic E-state index is 12.0. The summed E-state index contributed by atoms with van der Waals surface area (Å²) in [5, 5.41) is 0. The van der Waals surface area contributed by atoms with E-state index in [9.17, 15) is 4.79 Å². The summed E-state index contributed by atoms with van der Waals surface area (Å²) in [6.45, 7) is 12.6. The van der Waals surface area contributed by atoms with Crippen molar-refractivity contribution < 1.29 is 9.53 Å². The van der Waals surface area contributed by atoms with Crippen LogP contribution in [0, 0.1) is 0 Å². The summed E-state index contributed by atoms with van der Waals surface area (Å²) >= 11 is 0. The van der Waals surface area contributed by atoms with Crippen LogP contribution in [0.1, 0.15) is 40.5 Å². The van der Waals surface area contributed by atoms with Gasteiger partial charge in [-0.3, -0.25) is 4.79 Å². The summed E-state index contributed by atoms with van der Waals surface area (Å²) in [4.78, 5) is 18.3. The minimum absolute atomic E-state index is 0.208. The first kappa shape index (κ1) is 21.4. The van der Waals surface area contributed by atoms with Crippen molar-refractivity contribution in [2.24, 2.45) is 0 Å². The molecule has 0 aliphatic carbocycles. The van der Waals surface area contributed by atoms with Gasteiger partial charge in [0.15, 0.2) is 0 Å². The van der Waals surface area contributed by atoms with E-state index in [1.54, 1.807) is 4.90 Å². The Balaban J connectivity index is 3.66. The summed E-state index contributed by atoms with van der Waals surface area (Å²) in [7, 11) is 6.05. The van der Waals surface area contributed by atoms with Gasteiger partial charge in [0.25, 0.3) is 0 Å². The molecule has 22 heavy (non-hydrogen) atoms. The van der Waals surface area contributed by atoms with Crippen LogP contribution < -0.4 is 0 Å². The highest BCUT2D eigenvalue weighted by atomic mass is 16.5. The normalized spacial score (nSPS) is 12.0. The fraction of sp³-hybridized carbons (Fsp3) is 0.941. The Labute approximate surface area is 137 Å². The van der Waals surface area contributed by atoms with Crippen molar-refractivity contribution in [1.29, 1.82) is 0 Å². The van der Waals surface area contributed by atoms with E-state index in [4.69, 9.17) is 4.74 Å². The van der Waals surface area contributed by atoms with Gasteiger partial charge in [-0.15, -0.1) is 0 Å². The Morgan fingerprint density at radius 1 is 0.864 bits per heavy atom. The zero-order valence-corrected chi connectivity index (χ0v) is 15.8. The van der Waals surface area contributed by atoms with Crippen LogP contribution in [0.3, 0.4) is 0 Å². The third-order valence-electron chi connectivity index (χ3n) is 4.25. The minimum atomic E-state index is 0.208. The van der Waals surface area contributed by atoms with Crippen LogP contribution in [0.5, 0.6) is 0 Å². The second-order valence-corrected chi connectivity index (χ2v) is 6.68. The molecule has 0 aromatic carbocycles. The predicted octanol–water partition coefficient (Wildman–Crippen LogP) is 1.92. The lowest BCUT2D eigenvalue weighted by Gasteiger charge is -2.22. The van der Waals surface area contributed by atoms with E-state index in [-0.39, 0.29) is 5.91 Å². The van der Waals surface area contributed by atoms with Crippen molar-refractivity contribution in [2.75, 3.05) is 54.0 Å². The average Bonchev–Trinajstić information content (AvgIpc) is 2.45. The first-order chi connectivity index (χ1) is 10.3. The van der Waals surface area contributed by atoms with Crippen molar-refractivity contribution in [3.63, 3.8) is 0 Å². The molecule has 0 aliphatic rings. The van der Waals surface area contributed by atoms with E-state index >= 15 is 0 Å². The maximum Gasteiger partial charge on any atom is 0.222 e. The van der Waals surface area contributed by atoms with E-state index in [0.717, 1.165) is 26.1 Å². The Bertz CT molecular complexity index is 296. The molecular formula is C17H37N3O2. The molecule has 0 heterocycles. The number of ether oxygens (including phenoxy) is 1. The molecule has 1 amide bonds. The van der Waals surface area contributed by atoms with Gasteiger partial charge >= 0.3 is 0 Å². The van der Waals surface area contributed by atoms with Crippen LogP contribution >= 0.6 is 0 Å². The number of likely N-dealkylation sites (N-methyl/N-ethyl adjacent to an activating group) is 2. The number of carbonyl (C=O) groups excluding carboxylic acids is 1. The second-order valence-electron chi connectivity index (χ2n) is 6.68. The number of amides is 1. The fourth-order valence-corrected chi connectivity index (χ4v) is 1.82. The Kier molecular flexibility index (Phi) is 11.5. The zero-order chi connectivity index (χ0) is 17.1. The van der Waals surface area contributed by atoms with Gasteiger partial charge in [-0.25, -0.2) is 0 Å². The van der Waals surface area contributed by atoms with Crippen LogP contribution in [-0.4, -0.2) is 86.7 Å². The SMILES string of the molecule is CC(C)N(C)CCCC(=O)N(C)CCOCCN(C)C(C)C. The molecule has 0 unspecified atom stereocenters. The lowest BCUT2D eigenvalue weighted by molar-refractivity contribution is -0.130. The molecule has 0 N–H and O–H groups in total. The van der Waals surface area contributed by atoms with E-state index in [1.165, 1.54) is 0 Å². The molecule has 0 aliphatic heterocycles. The van der Waals surface area contributed by atoms with E-state index in [1.807, 2.05) is 7.05 Å². The highest BCUT2D eigenvalue weighted by Crippen LogP contribution is 2.01. The van der Waals surface area contributed by atoms with Crippen molar-refractivity contribution >= 4 is 5.91 Å². The number of nitrogens with zero attached hydrogens (tertiary/aromatic N) is 3. The second kappa shape index (κ2) is 11.9. The van der Waals surface area contributed by atoms with Crippen molar-refractivity contribution in [3.05, 3.63) is 0 Å². The maximum atomic E-state index is 12.0. The summed E-state index contributed by atoms with van der Waals surface area (Å²) in [5.74, 6) is 0.208. The lowest BCUT2D eigenvalue weighted by Crippen LogP contribution is -2.33. The molecule has 5 heteroatoms. The third-order valence-corrected chi connectivity index (χ3v) is 4.25. The van der Waals surface area contributed by atoms with E-state index in [2.05, 4.69) is 51.6 Å². The summed E-state index contributed by atoms with van der Waals surface area (Å²) in [6.07, 6.45) is 1.53. The highest BCUT2D eigenvalue weighted by Gasteiger charge is 2.10. The van der Waals surface area contributed by atoms with Crippen LogP contribution in [0.4, 0.5) is 0 Å². The first-order valence-electron chi connectivity index (χ1n) is 8.47. The molecule has 0 bridgehead atoms. The molecule has 0 aromatic heterocycles. The molecule has 0 aromatic rings. The molecule has 0 radical (unpaired) electrons. The van der Waals surface area contributed by atoms with Crippen molar-refractivity contribution in [3.8, 4) is 0 Å². The molecule has 0 fully saturated rings. The standard InChI is InChI=1S/C17H37N3O2/c1-15(2)18(5)10-8-9-17(21)20(7)12-14-22-13-11-19(6)16(3)4/h15-16H,8-14H2,1-7H3. The minimum Gasteiger partial charge on any atom is -0.378 e. The van der Waals surface area contributed by atoms with Crippen LogP contribution in [0.2, 0.25) is 0 Å². The molecular weight excluding hydrogens is 278 g/mol. The topological polar surface area (TPSA) is 36.0 Å². The Morgan fingerprint density at radius 3 is 1.91 bits per heavy atom. The van der Waals surface area contributed by atoms with Gasteiger partial charge in [0, 0.05) is 38.6 Å². The molecule has 0 saturated carbocycles. The Hall–Kier alpha value is -0.650. The monoisotopic (exact) mass is 315 g/mol. The molecule has 0 saturated heterocycles. The smallest absolute Gasteiger partial charge is 0.222 e. The van der Waals surface area contributed by atoms with Gasteiger partial charge in [-0.2, -0.15) is 0 Å². The van der Waals surface area contributed by atoms with Gasteiger partial charge in [-0.1, -0.05) is 0 Å². The van der Waals surface area contributed by atoms with Gasteiger partial charge in [-0.05, 0) is 54.8 Å². The van der Waals surface area contributed by atoms with Crippen molar-refractivity contribution in [2.45, 2.75) is 52.6 Å². The largest absolute Gasteiger partial charge is 0.378 e. The number of rotatable bonds is 12. The lowest BCUT2D eigenvalue weighted by atomic mass is 10.2. The highest BCUT2D eigenvalue weighted by molar-refractivity contribution is 5.75. The zero-order valence-electron chi connectivity index (χ0n) is 15.8. The molecule has 0 rings (SSSR count). The quantitative estimate of drug-likeness (QED) is 0.516. The predicted molar refractivity (Wildman–Crippen MR) is 93.2 cm³/mol. The first-order valence-corrected chi connectivity index (χ1v) is 8.47. The van der Waals surface area contributed by atoms with Crippen LogP contribution in [0.15, 0.2) is 0 Å². The molecule has 132 valence electrons. The van der Waals surface area contributed by atoms with E-state index < -0.39 is 0 Å². The summed E-state index contributed by atoms with van der Waals surface area (Å²) in [5.41, 5.74) is 0. The summed E-state index contributed by atoms with van der Waals surface area (Å²) in [6, 6.07) is 1.07. The molecule has 0 spiro atoms. The number of carbonyl (C=O) groups is 1. The van der Waals surface area contributed by atoms with Crippen LogP contribution in [0.25, 0.3) is 0 Å².